The van der Waals surface area contributed by atoms with Crippen molar-refractivity contribution in [3.8, 4) is 0 Å². The van der Waals surface area contributed by atoms with Gasteiger partial charge < -0.3 is 4.74 Å². The highest BCUT2D eigenvalue weighted by Crippen LogP contribution is 2.30. The van der Waals surface area contributed by atoms with Gasteiger partial charge in [0.2, 0.25) is 0 Å². The fraction of sp³-hybridized carbons (Fsp3) is 0.583. The molecule has 0 N–H and O–H groups in total. The van der Waals surface area contributed by atoms with Crippen molar-refractivity contribution >= 4 is 5.97 Å². The van der Waals surface area contributed by atoms with E-state index >= 15 is 0 Å². The Balaban J connectivity index is 2.66. The van der Waals surface area contributed by atoms with Crippen LogP contribution in [0.25, 0.3) is 0 Å². The third-order valence-electron chi connectivity index (χ3n) is 2.74. The lowest BCUT2D eigenvalue weighted by atomic mass is 9.84. The van der Waals surface area contributed by atoms with Crippen LogP contribution in [-0.2, 0) is 9.53 Å². The van der Waals surface area contributed by atoms with Crippen molar-refractivity contribution in [2.45, 2.75) is 39.7 Å². The number of allylic oxidation sites excluding steroid dienone is 2. The molecule has 0 aliphatic heterocycles. The lowest BCUT2D eigenvalue weighted by Gasteiger charge is -2.28. The Labute approximate surface area is 85.6 Å². The van der Waals surface area contributed by atoms with E-state index in [2.05, 4.69) is 12.7 Å². The zero-order valence-electron chi connectivity index (χ0n) is 9.17. The maximum Gasteiger partial charge on any atom is 0.303 e. The number of carbonyl (C=O) groups excluding carboxylic acids is 1. The first kappa shape index (κ1) is 11.0. The number of rotatable bonds is 2. The minimum atomic E-state index is -0.204. The zero-order valence-corrected chi connectivity index (χ0v) is 9.17. The summed E-state index contributed by atoms with van der Waals surface area (Å²) in [5.74, 6) is 0.258. The molecule has 0 unspecified atom stereocenters. The molecule has 1 rings (SSSR count). The van der Waals surface area contributed by atoms with Crippen LogP contribution in [0.4, 0.5) is 0 Å². The Morgan fingerprint density at radius 3 is 2.71 bits per heavy atom. The Morgan fingerprint density at radius 2 is 2.21 bits per heavy atom. The van der Waals surface area contributed by atoms with Crippen LogP contribution >= 0.6 is 0 Å². The molecular formula is C12H18O2. The van der Waals surface area contributed by atoms with Crippen molar-refractivity contribution in [3.05, 3.63) is 23.8 Å². The van der Waals surface area contributed by atoms with Crippen molar-refractivity contribution in [1.29, 1.82) is 0 Å². The zero-order chi connectivity index (χ0) is 10.7. The highest BCUT2D eigenvalue weighted by atomic mass is 16.5. The van der Waals surface area contributed by atoms with E-state index < -0.39 is 0 Å². The monoisotopic (exact) mass is 194 g/mol. The molecule has 0 bridgehead atoms. The van der Waals surface area contributed by atoms with Crippen LogP contribution in [0, 0.1) is 5.92 Å². The van der Waals surface area contributed by atoms with E-state index in [1.807, 2.05) is 13.8 Å². The van der Waals surface area contributed by atoms with E-state index in [0.29, 0.717) is 5.92 Å². The lowest BCUT2D eigenvalue weighted by Crippen LogP contribution is -2.25. The first-order valence-electron chi connectivity index (χ1n) is 5.00. The topological polar surface area (TPSA) is 26.3 Å². The number of hydrogen-bond acceptors (Lipinski definition) is 2. The van der Waals surface area contributed by atoms with Crippen LogP contribution in [0.2, 0.25) is 0 Å². The highest BCUT2D eigenvalue weighted by Gasteiger charge is 2.24. The van der Waals surface area contributed by atoms with E-state index in [-0.39, 0.29) is 12.1 Å². The second-order valence-corrected chi connectivity index (χ2v) is 4.06. The number of hydrogen-bond donors (Lipinski definition) is 0. The molecule has 0 amide bonds. The van der Waals surface area contributed by atoms with Gasteiger partial charge in [0.25, 0.3) is 0 Å². The molecule has 2 nitrogen and oxygen atoms in total. The predicted octanol–water partition coefficient (Wildman–Crippen LogP) is 2.85. The molecule has 78 valence electrons. The van der Waals surface area contributed by atoms with Gasteiger partial charge in [0.05, 0.1) is 0 Å². The molecule has 0 aromatic carbocycles. The van der Waals surface area contributed by atoms with Crippen molar-refractivity contribution < 1.29 is 9.53 Å². The van der Waals surface area contributed by atoms with Crippen molar-refractivity contribution in [3.63, 3.8) is 0 Å². The first-order valence-corrected chi connectivity index (χ1v) is 5.00. The molecule has 2 atom stereocenters. The van der Waals surface area contributed by atoms with E-state index in [1.54, 1.807) is 0 Å². The van der Waals surface area contributed by atoms with Gasteiger partial charge in [-0.05, 0) is 38.2 Å². The van der Waals surface area contributed by atoms with Crippen LogP contribution < -0.4 is 0 Å². The molecule has 0 saturated heterocycles. The van der Waals surface area contributed by atoms with Gasteiger partial charge >= 0.3 is 5.97 Å². The number of carbonyl (C=O) groups is 1. The maximum absolute atomic E-state index is 10.9. The molecule has 0 radical (unpaired) electrons. The van der Waals surface area contributed by atoms with Crippen LogP contribution in [0.5, 0.6) is 0 Å². The fourth-order valence-corrected chi connectivity index (χ4v) is 1.74. The molecule has 14 heavy (non-hydrogen) atoms. The second-order valence-electron chi connectivity index (χ2n) is 4.06. The minimum Gasteiger partial charge on any atom is -0.458 e. The Hall–Kier alpha value is -1.05. The van der Waals surface area contributed by atoms with Gasteiger partial charge in [-0.25, -0.2) is 0 Å². The molecule has 0 saturated carbocycles. The predicted molar refractivity (Wildman–Crippen MR) is 56.8 cm³/mol. The van der Waals surface area contributed by atoms with Gasteiger partial charge in [-0.2, -0.15) is 0 Å². The lowest BCUT2D eigenvalue weighted by molar-refractivity contribution is -0.145. The summed E-state index contributed by atoms with van der Waals surface area (Å²) < 4.78 is 5.24. The van der Waals surface area contributed by atoms with Gasteiger partial charge in [0, 0.05) is 6.92 Å². The van der Waals surface area contributed by atoms with E-state index in [0.717, 1.165) is 18.4 Å². The summed E-state index contributed by atoms with van der Waals surface area (Å²) in [4.78, 5) is 10.9. The van der Waals surface area contributed by atoms with Gasteiger partial charge in [-0.3, -0.25) is 4.79 Å². The molecular weight excluding hydrogens is 176 g/mol. The second kappa shape index (κ2) is 4.45. The summed E-state index contributed by atoms with van der Waals surface area (Å²) in [6, 6.07) is 0. The average molecular weight is 194 g/mol. The molecule has 0 heterocycles. The molecule has 0 fully saturated rings. The van der Waals surface area contributed by atoms with Crippen LogP contribution in [-0.4, -0.2) is 12.1 Å². The van der Waals surface area contributed by atoms with Gasteiger partial charge in [0.1, 0.15) is 6.10 Å². The van der Waals surface area contributed by atoms with Gasteiger partial charge in [-0.15, -0.1) is 0 Å². The molecule has 0 aromatic heterocycles. The molecule has 0 spiro atoms. The summed E-state index contributed by atoms with van der Waals surface area (Å²) in [6.45, 7) is 9.45. The summed E-state index contributed by atoms with van der Waals surface area (Å²) in [5, 5.41) is 0. The molecule has 1 aliphatic rings. The van der Waals surface area contributed by atoms with Crippen molar-refractivity contribution in [2.75, 3.05) is 0 Å². The third kappa shape index (κ3) is 2.72. The largest absolute Gasteiger partial charge is 0.458 e. The normalized spacial score (nSPS) is 26.6. The van der Waals surface area contributed by atoms with E-state index in [9.17, 15) is 4.79 Å². The first-order chi connectivity index (χ1) is 6.50. The van der Waals surface area contributed by atoms with Crippen LogP contribution in [0.15, 0.2) is 23.8 Å². The van der Waals surface area contributed by atoms with E-state index in [4.69, 9.17) is 4.74 Å². The third-order valence-corrected chi connectivity index (χ3v) is 2.74. The fourth-order valence-electron chi connectivity index (χ4n) is 1.74. The summed E-state index contributed by atoms with van der Waals surface area (Å²) in [7, 11) is 0. The quantitative estimate of drug-likeness (QED) is 0.499. The average Bonchev–Trinajstić information content (AvgIpc) is 2.07. The Kier molecular flexibility index (Phi) is 3.50. The standard InChI is InChI=1S/C12H18O2/c1-8(2)11-6-5-9(3)12(7-11)14-10(4)13/h5,11-12H,1,6-7H2,2-4H3/t11-,12+/m1/s1. The molecule has 1 aliphatic carbocycles. The SMILES string of the molecule is C=C(C)[C@@H]1CC=C(C)[C@@H](OC(C)=O)C1. The smallest absolute Gasteiger partial charge is 0.303 e. The summed E-state index contributed by atoms with van der Waals surface area (Å²) in [6.07, 6.45) is 4.02. The Morgan fingerprint density at radius 1 is 1.57 bits per heavy atom. The maximum atomic E-state index is 10.9. The van der Waals surface area contributed by atoms with Crippen LogP contribution in [0.1, 0.15) is 33.6 Å². The minimum absolute atomic E-state index is 0.0389. The highest BCUT2D eigenvalue weighted by molar-refractivity contribution is 5.66. The summed E-state index contributed by atoms with van der Waals surface area (Å²) >= 11 is 0. The van der Waals surface area contributed by atoms with Crippen molar-refractivity contribution in [2.24, 2.45) is 5.92 Å². The van der Waals surface area contributed by atoms with Gasteiger partial charge in [-0.1, -0.05) is 18.2 Å². The number of esters is 1. The van der Waals surface area contributed by atoms with Crippen LogP contribution in [0.3, 0.4) is 0 Å². The number of ether oxygens (including phenoxy) is 1. The molecule has 2 heteroatoms. The summed E-state index contributed by atoms with van der Waals surface area (Å²) in [5.41, 5.74) is 2.34. The molecule has 0 aromatic rings. The van der Waals surface area contributed by atoms with Gasteiger partial charge in [0.15, 0.2) is 0 Å². The Bertz CT molecular complexity index is 276. The van der Waals surface area contributed by atoms with Crippen molar-refractivity contribution in [1.82, 2.24) is 0 Å². The van der Waals surface area contributed by atoms with E-state index in [1.165, 1.54) is 12.5 Å².